The highest BCUT2D eigenvalue weighted by atomic mass is 79.9. The van der Waals surface area contributed by atoms with Gasteiger partial charge < -0.3 is 0 Å². The maximum atomic E-state index is 5.93. The summed E-state index contributed by atoms with van der Waals surface area (Å²) in [6, 6.07) is 7.74. The van der Waals surface area contributed by atoms with E-state index in [-0.39, 0.29) is 0 Å². The van der Waals surface area contributed by atoms with Crippen LogP contribution in [0.3, 0.4) is 0 Å². The quantitative estimate of drug-likeness (QED) is 0.634. The first-order chi connectivity index (χ1) is 9.08. The van der Waals surface area contributed by atoms with Crippen molar-refractivity contribution in [1.82, 2.24) is 19.6 Å². The second kappa shape index (κ2) is 4.58. The van der Waals surface area contributed by atoms with Crippen LogP contribution in [0.25, 0.3) is 17.0 Å². The van der Waals surface area contributed by atoms with Crippen LogP contribution in [-0.2, 0) is 0 Å². The molecule has 3 rings (SSSR count). The van der Waals surface area contributed by atoms with Crippen molar-refractivity contribution in [3.8, 4) is 11.4 Å². The summed E-state index contributed by atoms with van der Waals surface area (Å²) in [5.74, 6) is 1.52. The average Bonchev–Trinajstić information content (AvgIpc) is 2.76. The Morgan fingerprint density at radius 3 is 2.79 bits per heavy atom. The molecule has 0 unspecified atom stereocenters. The zero-order valence-corrected chi connectivity index (χ0v) is 12.7. The van der Waals surface area contributed by atoms with Crippen molar-refractivity contribution < 1.29 is 0 Å². The molecule has 0 saturated heterocycles. The van der Waals surface area contributed by atoms with Crippen LogP contribution in [-0.4, -0.2) is 19.6 Å². The van der Waals surface area contributed by atoms with Gasteiger partial charge in [0.05, 0.1) is 0 Å². The normalized spacial score (nSPS) is 11.2. The molecule has 0 aliphatic carbocycles. The van der Waals surface area contributed by atoms with E-state index >= 15 is 0 Å². The van der Waals surface area contributed by atoms with Gasteiger partial charge in [0.2, 0.25) is 0 Å². The smallest absolute Gasteiger partial charge is 0.170 e. The fourth-order valence-corrected chi connectivity index (χ4v) is 2.71. The number of nitrogens with zero attached hydrogens (tertiary/aromatic N) is 4. The van der Waals surface area contributed by atoms with Gasteiger partial charge in [0.25, 0.3) is 0 Å². The van der Waals surface area contributed by atoms with Crippen LogP contribution in [0.5, 0.6) is 0 Å². The highest BCUT2D eigenvalue weighted by Gasteiger charge is 2.14. The highest BCUT2D eigenvalue weighted by molar-refractivity contribution is 9.10. The van der Waals surface area contributed by atoms with E-state index in [4.69, 9.17) is 11.6 Å². The van der Waals surface area contributed by atoms with Gasteiger partial charge in [0.1, 0.15) is 11.0 Å². The molecule has 4 nitrogen and oxygen atoms in total. The van der Waals surface area contributed by atoms with Crippen LogP contribution in [0.4, 0.5) is 0 Å². The molecule has 0 aliphatic rings. The summed E-state index contributed by atoms with van der Waals surface area (Å²) < 4.78 is 2.91. The molecule has 1 aromatic carbocycles. The largest absolute Gasteiger partial charge is 0.263 e. The van der Waals surface area contributed by atoms with Crippen molar-refractivity contribution in [3.05, 3.63) is 45.3 Å². The molecule has 0 amide bonds. The predicted molar refractivity (Wildman–Crippen MR) is 78.4 cm³/mol. The summed E-state index contributed by atoms with van der Waals surface area (Å²) >= 11 is 9.53. The van der Waals surface area contributed by atoms with Crippen LogP contribution in [0.15, 0.2) is 28.7 Å². The minimum absolute atomic E-state index is 0.423. The van der Waals surface area contributed by atoms with Crippen LogP contribution in [0.1, 0.15) is 11.4 Å². The predicted octanol–water partition coefficient (Wildman–Crippen LogP) is 3.82. The Labute approximate surface area is 123 Å². The van der Waals surface area contributed by atoms with E-state index in [1.807, 2.05) is 36.4 Å². The molecule has 0 aliphatic heterocycles. The van der Waals surface area contributed by atoms with E-state index in [1.165, 1.54) is 0 Å². The Kier molecular flexibility index (Phi) is 3.03. The number of aryl methyl sites for hydroxylation is 2. The number of benzene rings is 1. The minimum atomic E-state index is 0.423. The van der Waals surface area contributed by atoms with Crippen molar-refractivity contribution in [3.63, 3.8) is 0 Å². The van der Waals surface area contributed by atoms with E-state index in [0.29, 0.717) is 10.8 Å². The number of hydrogen-bond donors (Lipinski definition) is 0. The monoisotopic (exact) mass is 336 g/mol. The standard InChI is InChI=1S/C13H10BrClN4/c1-7-4-3-5-9(12(7)14)13-18-17-11-6-10(15)16-8(2)19(11)13/h3-6H,1-2H3. The molecule has 0 N–H and O–H groups in total. The first-order valence-corrected chi connectivity index (χ1v) is 6.89. The minimum Gasteiger partial charge on any atom is -0.263 e. The fourth-order valence-electron chi connectivity index (χ4n) is 2.05. The lowest BCUT2D eigenvalue weighted by molar-refractivity contribution is 0.987. The van der Waals surface area contributed by atoms with E-state index in [2.05, 4.69) is 31.1 Å². The van der Waals surface area contributed by atoms with Crippen molar-refractivity contribution in [2.75, 3.05) is 0 Å². The Bertz CT molecular complexity index is 782. The molecule has 0 fully saturated rings. The lowest BCUT2D eigenvalue weighted by Gasteiger charge is -2.07. The second-order valence-electron chi connectivity index (χ2n) is 4.28. The maximum Gasteiger partial charge on any atom is 0.170 e. The highest BCUT2D eigenvalue weighted by Crippen LogP contribution is 2.30. The Morgan fingerprint density at radius 1 is 1.21 bits per heavy atom. The second-order valence-corrected chi connectivity index (χ2v) is 5.46. The van der Waals surface area contributed by atoms with Crippen LogP contribution < -0.4 is 0 Å². The first-order valence-electron chi connectivity index (χ1n) is 5.71. The van der Waals surface area contributed by atoms with E-state index in [1.54, 1.807) is 6.07 Å². The Balaban J connectivity index is 2.35. The van der Waals surface area contributed by atoms with E-state index in [0.717, 1.165) is 27.2 Å². The van der Waals surface area contributed by atoms with Crippen LogP contribution >= 0.6 is 27.5 Å². The van der Waals surface area contributed by atoms with Gasteiger partial charge in [-0.3, -0.25) is 4.40 Å². The van der Waals surface area contributed by atoms with Gasteiger partial charge in [-0.05, 0) is 35.3 Å². The van der Waals surface area contributed by atoms with Gasteiger partial charge in [-0.15, -0.1) is 10.2 Å². The Hall–Kier alpha value is -1.46. The third-order valence-electron chi connectivity index (χ3n) is 2.96. The van der Waals surface area contributed by atoms with E-state index < -0.39 is 0 Å². The summed E-state index contributed by atoms with van der Waals surface area (Å²) in [4.78, 5) is 4.25. The summed E-state index contributed by atoms with van der Waals surface area (Å²) in [5.41, 5.74) is 2.83. The van der Waals surface area contributed by atoms with Gasteiger partial charge >= 0.3 is 0 Å². The SMILES string of the molecule is Cc1cccc(-c2nnc3cc(Cl)nc(C)n23)c1Br. The van der Waals surface area contributed by atoms with Crippen molar-refractivity contribution in [2.24, 2.45) is 0 Å². The molecule has 96 valence electrons. The van der Waals surface area contributed by atoms with E-state index in [9.17, 15) is 0 Å². The zero-order valence-electron chi connectivity index (χ0n) is 10.4. The molecule has 0 atom stereocenters. The van der Waals surface area contributed by atoms with Gasteiger partial charge in [-0.1, -0.05) is 29.8 Å². The average molecular weight is 338 g/mol. The molecular weight excluding hydrogens is 328 g/mol. The molecule has 0 saturated carbocycles. The lowest BCUT2D eigenvalue weighted by atomic mass is 10.1. The zero-order chi connectivity index (χ0) is 13.6. The first kappa shape index (κ1) is 12.6. The van der Waals surface area contributed by atoms with Crippen molar-refractivity contribution >= 4 is 33.2 Å². The molecule has 6 heteroatoms. The molecule has 2 aromatic heterocycles. The van der Waals surface area contributed by atoms with Gasteiger partial charge in [0, 0.05) is 16.1 Å². The van der Waals surface area contributed by atoms with Gasteiger partial charge in [-0.2, -0.15) is 0 Å². The molecule has 0 radical (unpaired) electrons. The maximum absolute atomic E-state index is 5.93. The number of halogens is 2. The molecule has 0 bridgehead atoms. The number of rotatable bonds is 1. The Morgan fingerprint density at radius 2 is 2.00 bits per heavy atom. The van der Waals surface area contributed by atoms with Crippen molar-refractivity contribution in [1.29, 1.82) is 0 Å². The van der Waals surface area contributed by atoms with Crippen LogP contribution in [0.2, 0.25) is 5.15 Å². The summed E-state index contributed by atoms with van der Waals surface area (Å²) in [5, 5.41) is 8.83. The van der Waals surface area contributed by atoms with Gasteiger partial charge in [0.15, 0.2) is 11.5 Å². The summed E-state index contributed by atoms with van der Waals surface area (Å²) in [7, 11) is 0. The third-order valence-corrected chi connectivity index (χ3v) is 4.21. The topological polar surface area (TPSA) is 43.1 Å². The van der Waals surface area contributed by atoms with Crippen LogP contribution in [0, 0.1) is 13.8 Å². The third kappa shape index (κ3) is 2.03. The number of hydrogen-bond acceptors (Lipinski definition) is 3. The molecule has 3 aromatic rings. The van der Waals surface area contributed by atoms with Gasteiger partial charge in [-0.25, -0.2) is 4.98 Å². The molecular formula is C13H10BrClN4. The summed E-state index contributed by atoms with van der Waals surface area (Å²) in [6.07, 6.45) is 0. The number of fused-ring (bicyclic) bond motifs is 1. The lowest BCUT2D eigenvalue weighted by Crippen LogP contribution is -1.98. The molecule has 2 heterocycles. The fraction of sp³-hybridized carbons (Fsp3) is 0.154. The number of aromatic nitrogens is 4. The molecule has 0 spiro atoms. The summed E-state index contributed by atoms with van der Waals surface area (Å²) in [6.45, 7) is 3.92. The van der Waals surface area contributed by atoms with Crippen molar-refractivity contribution in [2.45, 2.75) is 13.8 Å². The molecule has 19 heavy (non-hydrogen) atoms.